The summed E-state index contributed by atoms with van der Waals surface area (Å²) in [5.74, 6) is 1.36. The van der Waals surface area contributed by atoms with Gasteiger partial charge in [-0.2, -0.15) is 0 Å². The number of hydrogen-bond donors (Lipinski definition) is 1. The van der Waals surface area contributed by atoms with E-state index in [4.69, 9.17) is 14.2 Å². The highest BCUT2D eigenvalue weighted by Gasteiger charge is 2.41. The summed E-state index contributed by atoms with van der Waals surface area (Å²) in [6, 6.07) is 11.5. The Morgan fingerprint density at radius 3 is 2.43 bits per heavy atom. The second kappa shape index (κ2) is 10.4. The van der Waals surface area contributed by atoms with Crippen LogP contribution in [0.15, 0.2) is 36.4 Å². The molecule has 1 N–H and O–H groups in total. The Balaban J connectivity index is 1.75. The van der Waals surface area contributed by atoms with Crippen LogP contribution in [0.3, 0.4) is 0 Å². The SMILES string of the molecule is CCOCCOc1ccc(NC(=O)C2(c3ccc(OC)cc3)CCCCC2)c(C)n1. The van der Waals surface area contributed by atoms with E-state index in [1.807, 2.05) is 44.2 Å². The van der Waals surface area contributed by atoms with Gasteiger partial charge in [-0.25, -0.2) is 4.98 Å². The van der Waals surface area contributed by atoms with E-state index in [0.717, 1.165) is 48.4 Å². The van der Waals surface area contributed by atoms with Crippen molar-refractivity contribution in [2.75, 3.05) is 32.2 Å². The lowest BCUT2D eigenvalue weighted by atomic mass is 9.68. The molecule has 0 atom stereocenters. The van der Waals surface area contributed by atoms with Crippen molar-refractivity contribution < 1.29 is 19.0 Å². The summed E-state index contributed by atoms with van der Waals surface area (Å²) in [5.41, 5.74) is 1.97. The summed E-state index contributed by atoms with van der Waals surface area (Å²) in [6.45, 7) is 5.47. The quantitative estimate of drug-likeness (QED) is 0.607. The molecule has 6 nitrogen and oxygen atoms in total. The largest absolute Gasteiger partial charge is 0.497 e. The minimum Gasteiger partial charge on any atom is -0.497 e. The van der Waals surface area contributed by atoms with Crippen LogP contribution in [0.4, 0.5) is 5.69 Å². The predicted octanol–water partition coefficient (Wildman–Crippen LogP) is 4.65. The molecule has 2 aromatic rings. The number of carbonyl (C=O) groups excluding carboxylic acids is 1. The molecule has 1 aromatic carbocycles. The highest BCUT2D eigenvalue weighted by atomic mass is 16.5. The molecule has 0 aliphatic heterocycles. The van der Waals surface area contributed by atoms with E-state index in [1.54, 1.807) is 13.2 Å². The fourth-order valence-electron chi connectivity index (χ4n) is 4.05. The van der Waals surface area contributed by atoms with E-state index < -0.39 is 5.41 Å². The first kappa shape index (κ1) is 22.1. The Kier molecular flexibility index (Phi) is 7.69. The Hall–Kier alpha value is -2.60. The van der Waals surface area contributed by atoms with Crippen molar-refractivity contribution in [2.45, 2.75) is 51.4 Å². The molecule has 0 spiro atoms. The van der Waals surface area contributed by atoms with Gasteiger partial charge in [-0.05, 0) is 50.5 Å². The molecule has 1 fully saturated rings. The molecular weight excluding hydrogens is 380 g/mol. The first-order chi connectivity index (χ1) is 14.6. The van der Waals surface area contributed by atoms with Gasteiger partial charge in [-0.3, -0.25) is 4.79 Å². The van der Waals surface area contributed by atoms with Crippen molar-refractivity contribution in [3.8, 4) is 11.6 Å². The number of nitrogens with zero attached hydrogens (tertiary/aromatic N) is 1. The third-order valence-corrected chi connectivity index (χ3v) is 5.77. The van der Waals surface area contributed by atoms with Crippen molar-refractivity contribution >= 4 is 11.6 Å². The van der Waals surface area contributed by atoms with Crippen molar-refractivity contribution in [3.63, 3.8) is 0 Å². The van der Waals surface area contributed by atoms with Crippen molar-refractivity contribution in [3.05, 3.63) is 47.7 Å². The number of aryl methyl sites for hydroxylation is 1. The maximum absolute atomic E-state index is 13.5. The second-order valence-corrected chi connectivity index (χ2v) is 7.65. The molecule has 0 bridgehead atoms. The maximum atomic E-state index is 13.5. The molecule has 1 aromatic heterocycles. The summed E-state index contributed by atoms with van der Waals surface area (Å²) in [4.78, 5) is 18.0. The van der Waals surface area contributed by atoms with Crippen molar-refractivity contribution in [1.29, 1.82) is 0 Å². The summed E-state index contributed by atoms with van der Waals surface area (Å²) in [5, 5.41) is 3.14. The fourth-order valence-corrected chi connectivity index (χ4v) is 4.05. The van der Waals surface area contributed by atoms with E-state index >= 15 is 0 Å². The number of anilines is 1. The molecule has 0 radical (unpaired) electrons. The molecule has 3 rings (SSSR count). The zero-order chi connectivity index (χ0) is 21.4. The number of benzene rings is 1. The number of nitrogens with one attached hydrogen (secondary N) is 1. The van der Waals surface area contributed by atoms with Gasteiger partial charge in [0.15, 0.2) is 0 Å². The van der Waals surface area contributed by atoms with Gasteiger partial charge in [-0.15, -0.1) is 0 Å². The van der Waals surface area contributed by atoms with Crippen LogP contribution in [-0.4, -0.2) is 37.8 Å². The first-order valence-electron chi connectivity index (χ1n) is 10.7. The smallest absolute Gasteiger partial charge is 0.235 e. The van der Waals surface area contributed by atoms with Crippen LogP contribution >= 0.6 is 0 Å². The summed E-state index contributed by atoms with van der Waals surface area (Å²) < 4.78 is 16.2. The number of aromatic nitrogens is 1. The lowest BCUT2D eigenvalue weighted by Crippen LogP contribution is -2.42. The number of rotatable bonds is 9. The average molecular weight is 413 g/mol. The number of pyridine rings is 1. The summed E-state index contributed by atoms with van der Waals surface area (Å²) in [6.07, 6.45) is 4.94. The van der Waals surface area contributed by atoms with Gasteiger partial charge < -0.3 is 19.5 Å². The fraction of sp³-hybridized carbons (Fsp3) is 0.500. The molecule has 0 unspecified atom stereocenters. The Bertz CT molecular complexity index is 830. The molecule has 0 saturated heterocycles. The van der Waals surface area contributed by atoms with Gasteiger partial charge in [0.05, 0.1) is 30.5 Å². The van der Waals surface area contributed by atoms with Crippen LogP contribution in [0.2, 0.25) is 0 Å². The van der Waals surface area contributed by atoms with E-state index in [1.165, 1.54) is 6.42 Å². The average Bonchev–Trinajstić information content (AvgIpc) is 2.79. The highest BCUT2D eigenvalue weighted by molar-refractivity contribution is 5.99. The van der Waals surface area contributed by atoms with Gasteiger partial charge in [0, 0.05) is 12.7 Å². The third-order valence-electron chi connectivity index (χ3n) is 5.77. The molecule has 6 heteroatoms. The second-order valence-electron chi connectivity index (χ2n) is 7.65. The molecule has 30 heavy (non-hydrogen) atoms. The summed E-state index contributed by atoms with van der Waals surface area (Å²) >= 11 is 0. The molecule has 162 valence electrons. The van der Waals surface area contributed by atoms with Gasteiger partial charge in [0.1, 0.15) is 12.4 Å². The van der Waals surface area contributed by atoms with Crippen LogP contribution in [0.1, 0.15) is 50.3 Å². The number of ether oxygens (including phenoxy) is 3. The van der Waals surface area contributed by atoms with Gasteiger partial charge in [0.25, 0.3) is 0 Å². The molecular formula is C24H32N2O4. The molecule has 1 aliphatic rings. The lowest BCUT2D eigenvalue weighted by molar-refractivity contribution is -0.122. The minimum atomic E-state index is -0.524. The standard InChI is InChI=1S/C24H32N2O4/c1-4-29-16-17-30-22-13-12-21(18(2)25-22)26-23(27)24(14-6-5-7-15-24)19-8-10-20(28-3)11-9-19/h8-13H,4-7,14-17H2,1-3H3,(H,26,27). The Morgan fingerprint density at radius 1 is 1.07 bits per heavy atom. The molecule has 1 amide bonds. The zero-order valence-corrected chi connectivity index (χ0v) is 18.2. The van der Waals surface area contributed by atoms with E-state index in [0.29, 0.717) is 25.7 Å². The number of carbonyl (C=O) groups is 1. The zero-order valence-electron chi connectivity index (χ0n) is 18.2. The number of amides is 1. The van der Waals surface area contributed by atoms with Crippen molar-refractivity contribution in [1.82, 2.24) is 4.98 Å². The van der Waals surface area contributed by atoms with Crippen LogP contribution in [-0.2, 0) is 14.9 Å². The minimum absolute atomic E-state index is 0.0299. The van der Waals surface area contributed by atoms with E-state index in [-0.39, 0.29) is 5.91 Å². The van der Waals surface area contributed by atoms with Gasteiger partial charge in [0.2, 0.25) is 11.8 Å². The third kappa shape index (κ3) is 5.11. The van der Waals surface area contributed by atoms with Gasteiger partial charge >= 0.3 is 0 Å². The maximum Gasteiger partial charge on any atom is 0.235 e. The topological polar surface area (TPSA) is 69.7 Å². The predicted molar refractivity (Wildman–Crippen MR) is 117 cm³/mol. The monoisotopic (exact) mass is 412 g/mol. The molecule has 1 aliphatic carbocycles. The van der Waals surface area contributed by atoms with Crippen molar-refractivity contribution in [2.24, 2.45) is 0 Å². The molecule has 1 heterocycles. The van der Waals surface area contributed by atoms with Gasteiger partial charge in [-0.1, -0.05) is 31.4 Å². The summed E-state index contributed by atoms with van der Waals surface area (Å²) in [7, 11) is 1.65. The van der Waals surface area contributed by atoms with Crippen LogP contribution in [0.5, 0.6) is 11.6 Å². The lowest BCUT2D eigenvalue weighted by Gasteiger charge is -2.36. The Morgan fingerprint density at radius 2 is 1.80 bits per heavy atom. The van der Waals surface area contributed by atoms with Crippen LogP contribution in [0, 0.1) is 6.92 Å². The van der Waals surface area contributed by atoms with E-state index in [2.05, 4.69) is 10.3 Å². The normalized spacial score (nSPS) is 15.4. The molecule has 1 saturated carbocycles. The van der Waals surface area contributed by atoms with Crippen LogP contribution in [0.25, 0.3) is 0 Å². The number of methoxy groups -OCH3 is 1. The highest BCUT2D eigenvalue weighted by Crippen LogP contribution is 2.41. The number of hydrogen-bond acceptors (Lipinski definition) is 5. The Labute approximate surface area is 178 Å². The van der Waals surface area contributed by atoms with E-state index in [9.17, 15) is 4.79 Å². The van der Waals surface area contributed by atoms with Crippen LogP contribution < -0.4 is 14.8 Å². The first-order valence-corrected chi connectivity index (χ1v) is 10.7.